The third-order valence-electron chi connectivity index (χ3n) is 4.50. The predicted octanol–water partition coefficient (Wildman–Crippen LogP) is 4.78. The van der Waals surface area contributed by atoms with E-state index >= 15 is 0 Å². The molecule has 6 heteroatoms. The number of aliphatic hydroxyl groups excluding tert-OH is 1. The average Bonchev–Trinajstić information content (AvgIpc) is 2.47. The van der Waals surface area contributed by atoms with Crippen LogP contribution in [-0.2, 0) is 0 Å². The minimum Gasteiger partial charge on any atom is -0.387 e. The number of alkyl halides is 2. The molecule has 0 aromatic heterocycles. The predicted molar refractivity (Wildman–Crippen MR) is 85.8 cm³/mol. The zero-order valence-corrected chi connectivity index (χ0v) is 14.0. The first kappa shape index (κ1) is 17.9. The molecule has 1 aliphatic rings. The van der Waals surface area contributed by atoms with Crippen LogP contribution in [-0.4, -0.2) is 36.1 Å². The molecule has 124 valence electrons. The van der Waals surface area contributed by atoms with Crippen LogP contribution in [0.3, 0.4) is 0 Å². The van der Waals surface area contributed by atoms with Gasteiger partial charge >= 0.3 is 0 Å². The van der Waals surface area contributed by atoms with Gasteiger partial charge in [0, 0.05) is 34.1 Å². The summed E-state index contributed by atoms with van der Waals surface area (Å²) in [5.74, 6) is -0.472. The first-order valence-electron chi connectivity index (χ1n) is 7.50. The molecule has 0 bridgehead atoms. The second-order valence-corrected chi connectivity index (χ2v) is 6.87. The van der Waals surface area contributed by atoms with Gasteiger partial charge in [0.05, 0.1) is 6.10 Å². The third kappa shape index (κ3) is 4.54. The van der Waals surface area contributed by atoms with Gasteiger partial charge in [-0.05, 0) is 44.9 Å². The lowest BCUT2D eigenvalue weighted by Gasteiger charge is -2.35. The number of nitrogens with zero attached hydrogens (tertiary/aromatic N) is 1. The van der Waals surface area contributed by atoms with Crippen molar-refractivity contribution in [1.82, 2.24) is 4.90 Å². The van der Waals surface area contributed by atoms with Gasteiger partial charge in [-0.15, -0.1) is 0 Å². The molecular formula is C16H21Cl2F2NO. The Morgan fingerprint density at radius 1 is 1.23 bits per heavy atom. The fourth-order valence-electron chi connectivity index (χ4n) is 3.09. The molecule has 0 aliphatic heterocycles. The van der Waals surface area contributed by atoms with Gasteiger partial charge in [-0.25, -0.2) is 8.78 Å². The van der Waals surface area contributed by atoms with Gasteiger partial charge in [-0.1, -0.05) is 29.3 Å². The highest BCUT2D eigenvalue weighted by Gasteiger charge is 2.29. The maximum absolute atomic E-state index is 12.7. The molecule has 1 saturated carbocycles. The Bertz CT molecular complexity index is 493. The van der Waals surface area contributed by atoms with Gasteiger partial charge in [-0.3, -0.25) is 0 Å². The van der Waals surface area contributed by atoms with E-state index in [4.69, 9.17) is 23.2 Å². The standard InChI is InChI=1S/C16H21Cl2F2NO/c1-21(12-5-2-10(3-6-12)16(19)20)9-15(22)13-7-4-11(17)8-14(13)18/h4,7-8,10,12,15-16,22H,2-3,5-6,9H2,1H3/t10?,12?,15-/m0/s1. The number of benzene rings is 1. The minimum atomic E-state index is -2.22. The van der Waals surface area contributed by atoms with Crippen molar-refractivity contribution >= 4 is 23.2 Å². The molecule has 1 aliphatic carbocycles. The van der Waals surface area contributed by atoms with E-state index in [0.717, 1.165) is 12.8 Å². The van der Waals surface area contributed by atoms with Crippen molar-refractivity contribution in [2.45, 2.75) is 44.3 Å². The summed E-state index contributed by atoms with van der Waals surface area (Å²) in [4.78, 5) is 2.04. The van der Waals surface area contributed by atoms with Crippen LogP contribution in [0.1, 0.15) is 37.4 Å². The number of hydrogen-bond donors (Lipinski definition) is 1. The van der Waals surface area contributed by atoms with Crippen LogP contribution in [0.5, 0.6) is 0 Å². The lowest BCUT2D eigenvalue weighted by molar-refractivity contribution is 0.0285. The number of hydrogen-bond acceptors (Lipinski definition) is 2. The fourth-order valence-corrected chi connectivity index (χ4v) is 3.62. The lowest BCUT2D eigenvalue weighted by Crippen LogP contribution is -2.38. The summed E-state index contributed by atoms with van der Waals surface area (Å²) in [6.45, 7) is 0.422. The first-order chi connectivity index (χ1) is 10.4. The fraction of sp³-hybridized carbons (Fsp3) is 0.625. The highest BCUT2D eigenvalue weighted by atomic mass is 35.5. The molecule has 0 saturated heterocycles. The van der Waals surface area contributed by atoms with Gasteiger partial charge in [0.15, 0.2) is 0 Å². The van der Waals surface area contributed by atoms with E-state index in [1.165, 1.54) is 0 Å². The Labute approximate surface area is 140 Å². The summed E-state index contributed by atoms with van der Waals surface area (Å²) in [6.07, 6.45) is -0.360. The topological polar surface area (TPSA) is 23.5 Å². The first-order valence-corrected chi connectivity index (χ1v) is 8.25. The van der Waals surface area contributed by atoms with E-state index in [-0.39, 0.29) is 6.04 Å². The molecule has 2 rings (SSSR count). The molecule has 1 atom stereocenters. The molecule has 0 radical (unpaired) electrons. The minimum absolute atomic E-state index is 0.232. The molecule has 0 unspecified atom stereocenters. The Kier molecular flexibility index (Phi) is 6.45. The van der Waals surface area contributed by atoms with Crippen molar-refractivity contribution < 1.29 is 13.9 Å². The van der Waals surface area contributed by atoms with Crippen LogP contribution in [0.25, 0.3) is 0 Å². The number of halogens is 4. The number of aliphatic hydroxyl groups is 1. The van der Waals surface area contributed by atoms with Crippen molar-refractivity contribution in [2.75, 3.05) is 13.6 Å². The quantitative estimate of drug-likeness (QED) is 0.824. The Balaban J connectivity index is 1.90. The zero-order chi connectivity index (χ0) is 16.3. The van der Waals surface area contributed by atoms with Crippen LogP contribution in [0, 0.1) is 5.92 Å². The van der Waals surface area contributed by atoms with Crippen molar-refractivity contribution in [3.05, 3.63) is 33.8 Å². The van der Waals surface area contributed by atoms with Gasteiger partial charge < -0.3 is 10.0 Å². The summed E-state index contributed by atoms with van der Waals surface area (Å²) in [5.41, 5.74) is 0.638. The van der Waals surface area contributed by atoms with Crippen molar-refractivity contribution in [3.8, 4) is 0 Å². The van der Waals surface area contributed by atoms with E-state index in [9.17, 15) is 13.9 Å². The zero-order valence-electron chi connectivity index (χ0n) is 12.5. The molecule has 2 nitrogen and oxygen atoms in total. The maximum atomic E-state index is 12.7. The molecule has 22 heavy (non-hydrogen) atoms. The lowest BCUT2D eigenvalue weighted by atomic mass is 9.85. The highest BCUT2D eigenvalue weighted by molar-refractivity contribution is 6.35. The molecule has 1 fully saturated rings. The largest absolute Gasteiger partial charge is 0.387 e. The van der Waals surface area contributed by atoms with Crippen molar-refractivity contribution in [3.63, 3.8) is 0 Å². The molecule has 1 aromatic carbocycles. The average molecular weight is 352 g/mol. The Morgan fingerprint density at radius 3 is 2.41 bits per heavy atom. The van der Waals surface area contributed by atoms with Crippen LogP contribution < -0.4 is 0 Å². The van der Waals surface area contributed by atoms with E-state index in [1.807, 2.05) is 11.9 Å². The molecule has 1 N–H and O–H groups in total. The van der Waals surface area contributed by atoms with E-state index < -0.39 is 18.4 Å². The third-order valence-corrected chi connectivity index (χ3v) is 5.07. The van der Waals surface area contributed by atoms with Crippen LogP contribution >= 0.6 is 23.2 Å². The molecule has 0 amide bonds. The van der Waals surface area contributed by atoms with Gasteiger partial charge in [0.25, 0.3) is 0 Å². The summed E-state index contributed by atoms with van der Waals surface area (Å²) >= 11 is 12.0. The summed E-state index contributed by atoms with van der Waals surface area (Å²) in [6, 6.07) is 5.25. The van der Waals surface area contributed by atoms with Crippen LogP contribution in [0.2, 0.25) is 10.0 Å². The van der Waals surface area contributed by atoms with Gasteiger partial charge in [0.2, 0.25) is 6.43 Å². The second kappa shape index (κ2) is 7.91. The van der Waals surface area contributed by atoms with E-state index in [2.05, 4.69) is 0 Å². The van der Waals surface area contributed by atoms with Crippen LogP contribution in [0.4, 0.5) is 8.78 Å². The van der Waals surface area contributed by atoms with Gasteiger partial charge in [-0.2, -0.15) is 0 Å². The van der Waals surface area contributed by atoms with Crippen LogP contribution in [0.15, 0.2) is 18.2 Å². The van der Waals surface area contributed by atoms with Gasteiger partial charge in [0.1, 0.15) is 0 Å². The number of rotatable bonds is 5. The van der Waals surface area contributed by atoms with E-state index in [1.54, 1.807) is 18.2 Å². The molecule has 1 aromatic rings. The Morgan fingerprint density at radius 2 is 1.86 bits per heavy atom. The normalized spacial score (nSPS) is 24.0. The SMILES string of the molecule is CN(C[C@H](O)c1ccc(Cl)cc1Cl)C1CCC(C(F)F)CC1. The number of likely N-dealkylation sites (N-methyl/N-ethyl adjacent to an activating group) is 1. The smallest absolute Gasteiger partial charge is 0.241 e. The Hall–Kier alpha value is -0.420. The molecule has 0 spiro atoms. The summed E-state index contributed by atoms with van der Waals surface area (Å²) < 4.78 is 25.4. The maximum Gasteiger partial charge on any atom is 0.241 e. The van der Waals surface area contributed by atoms with Crippen molar-refractivity contribution in [1.29, 1.82) is 0 Å². The second-order valence-electron chi connectivity index (χ2n) is 6.02. The monoisotopic (exact) mass is 351 g/mol. The summed E-state index contributed by atoms with van der Waals surface area (Å²) in [7, 11) is 1.92. The van der Waals surface area contributed by atoms with E-state index in [0.29, 0.717) is 35.0 Å². The van der Waals surface area contributed by atoms with Crippen molar-refractivity contribution in [2.24, 2.45) is 5.92 Å². The molecule has 0 heterocycles. The highest BCUT2D eigenvalue weighted by Crippen LogP contribution is 2.32. The molecular weight excluding hydrogens is 331 g/mol. The summed E-state index contributed by atoms with van der Waals surface area (Å²) in [5, 5.41) is 11.3.